The van der Waals surface area contributed by atoms with Gasteiger partial charge in [0.1, 0.15) is 18.0 Å². The molecule has 174 valence electrons. The number of hydrogen-bond donors (Lipinski definition) is 0. The minimum Gasteiger partial charge on any atom is -0.493 e. The number of benzene rings is 1. The summed E-state index contributed by atoms with van der Waals surface area (Å²) in [4.78, 5) is 25.6. The van der Waals surface area contributed by atoms with Gasteiger partial charge in [-0.2, -0.15) is 0 Å². The summed E-state index contributed by atoms with van der Waals surface area (Å²) in [6, 6.07) is 3.17. The predicted octanol–water partition coefficient (Wildman–Crippen LogP) is 4.99. The van der Waals surface area contributed by atoms with Crippen LogP contribution >= 0.6 is 0 Å². The lowest BCUT2D eigenvalue weighted by atomic mass is 9.79. The second-order valence-electron chi connectivity index (χ2n) is 10.4. The zero-order valence-corrected chi connectivity index (χ0v) is 20.1. The van der Waals surface area contributed by atoms with E-state index in [1.165, 1.54) is 0 Å². The number of nitrogens with zero attached hydrogens (tertiary/aromatic N) is 1. The average Bonchev–Trinajstić information content (AvgIpc) is 2.65. The van der Waals surface area contributed by atoms with Gasteiger partial charge in [0.15, 0.2) is 0 Å². The first-order valence-corrected chi connectivity index (χ1v) is 11.2. The summed E-state index contributed by atoms with van der Waals surface area (Å²) < 4.78 is 25.6. The normalized spacial score (nSPS) is 15.7. The average molecular weight is 436 g/mol. The number of hydrogen-bond acceptors (Lipinski definition) is 4. The van der Waals surface area contributed by atoms with Gasteiger partial charge < -0.3 is 14.4 Å². The van der Waals surface area contributed by atoms with Crippen LogP contribution in [-0.2, 0) is 25.2 Å². The van der Waals surface area contributed by atoms with Crippen molar-refractivity contribution in [2.75, 3.05) is 26.3 Å². The number of likely N-dealkylation sites (tertiary alicyclic amines) is 1. The molecular weight excluding hydrogens is 397 g/mol. The monoisotopic (exact) mass is 435 g/mol. The topological polar surface area (TPSA) is 55.8 Å². The van der Waals surface area contributed by atoms with Crippen molar-refractivity contribution in [2.45, 2.75) is 78.6 Å². The third kappa shape index (κ3) is 6.94. The number of rotatable bonds is 6. The molecule has 2 rings (SSSR count). The number of ether oxygens (including phenoxy) is 2. The van der Waals surface area contributed by atoms with Crippen molar-refractivity contribution in [2.24, 2.45) is 5.92 Å². The van der Waals surface area contributed by atoms with Crippen molar-refractivity contribution in [3.8, 4) is 5.75 Å². The van der Waals surface area contributed by atoms with Crippen LogP contribution in [0.3, 0.4) is 0 Å². The van der Waals surface area contributed by atoms with Gasteiger partial charge in [0, 0.05) is 24.2 Å². The van der Waals surface area contributed by atoms with E-state index in [0.29, 0.717) is 25.6 Å². The summed E-state index contributed by atoms with van der Waals surface area (Å²) in [6.07, 6.45) is 1.42. The molecule has 6 heteroatoms. The molecule has 1 saturated heterocycles. The molecule has 0 unspecified atom stereocenters. The highest BCUT2D eigenvalue weighted by Crippen LogP contribution is 2.40. The van der Waals surface area contributed by atoms with Crippen molar-refractivity contribution < 1.29 is 23.5 Å². The van der Waals surface area contributed by atoms with Gasteiger partial charge >= 0.3 is 5.97 Å². The molecule has 0 aromatic heterocycles. The minimum atomic E-state index is -0.473. The van der Waals surface area contributed by atoms with Gasteiger partial charge in [-0.05, 0) is 48.6 Å². The van der Waals surface area contributed by atoms with Gasteiger partial charge in [-0.3, -0.25) is 9.59 Å². The largest absolute Gasteiger partial charge is 0.493 e. The Hall–Kier alpha value is -2.11. The van der Waals surface area contributed by atoms with Crippen LogP contribution in [0.15, 0.2) is 12.1 Å². The molecule has 1 aromatic rings. The first-order chi connectivity index (χ1) is 14.3. The van der Waals surface area contributed by atoms with Crippen LogP contribution in [-0.4, -0.2) is 43.1 Å². The second-order valence-corrected chi connectivity index (χ2v) is 10.4. The lowest BCUT2D eigenvalue weighted by molar-refractivity contribution is -0.149. The summed E-state index contributed by atoms with van der Waals surface area (Å²) in [5, 5.41) is 0. The summed E-state index contributed by atoms with van der Waals surface area (Å²) >= 11 is 0. The predicted molar refractivity (Wildman–Crippen MR) is 120 cm³/mol. The van der Waals surface area contributed by atoms with Crippen LogP contribution in [0.2, 0.25) is 0 Å². The molecule has 0 radical (unpaired) electrons. The SMILES string of the molecule is CCOC(=O)CC(=O)N1CCC(COc2c(C(C)(C)C)cc(F)cc2C(C)(C)C)CC1. The highest BCUT2D eigenvalue weighted by atomic mass is 19.1. The highest BCUT2D eigenvalue weighted by molar-refractivity contribution is 5.94. The van der Waals surface area contributed by atoms with E-state index in [9.17, 15) is 14.0 Å². The fraction of sp³-hybridized carbons (Fsp3) is 0.680. The molecule has 0 N–H and O–H groups in total. The molecule has 5 nitrogen and oxygen atoms in total. The van der Waals surface area contributed by atoms with Crippen LogP contribution in [0.5, 0.6) is 5.75 Å². The Morgan fingerprint density at radius 1 is 1.03 bits per heavy atom. The summed E-state index contributed by atoms with van der Waals surface area (Å²) in [6.45, 7) is 16.1. The van der Waals surface area contributed by atoms with Gasteiger partial charge in [0.2, 0.25) is 5.91 Å². The third-order valence-electron chi connectivity index (χ3n) is 5.70. The zero-order chi connectivity index (χ0) is 23.4. The Morgan fingerprint density at radius 3 is 2.00 bits per heavy atom. The molecule has 31 heavy (non-hydrogen) atoms. The van der Waals surface area contributed by atoms with Gasteiger partial charge in [0.25, 0.3) is 0 Å². The molecule has 1 fully saturated rings. The number of esters is 1. The van der Waals surface area contributed by atoms with Crippen LogP contribution in [0.1, 0.15) is 78.9 Å². The molecule has 0 spiro atoms. The Labute approximate surface area is 186 Å². The number of amides is 1. The van der Waals surface area contributed by atoms with Crippen LogP contribution < -0.4 is 4.74 Å². The lowest BCUT2D eigenvalue weighted by Crippen LogP contribution is -2.40. The van der Waals surface area contributed by atoms with Crippen LogP contribution in [0, 0.1) is 11.7 Å². The van der Waals surface area contributed by atoms with Crippen molar-refractivity contribution in [3.05, 3.63) is 29.1 Å². The molecule has 1 heterocycles. The van der Waals surface area contributed by atoms with E-state index in [-0.39, 0.29) is 35.6 Å². The molecule has 0 aliphatic carbocycles. The Morgan fingerprint density at radius 2 is 1.55 bits per heavy atom. The smallest absolute Gasteiger partial charge is 0.315 e. The summed E-state index contributed by atoms with van der Waals surface area (Å²) in [5.74, 6) is 0.190. The third-order valence-corrected chi connectivity index (χ3v) is 5.70. The Kier molecular flexibility index (Phi) is 8.12. The van der Waals surface area contributed by atoms with E-state index < -0.39 is 5.97 Å². The van der Waals surface area contributed by atoms with E-state index in [1.54, 1.807) is 24.0 Å². The van der Waals surface area contributed by atoms with E-state index in [2.05, 4.69) is 41.5 Å². The van der Waals surface area contributed by atoms with Crippen molar-refractivity contribution in [3.63, 3.8) is 0 Å². The van der Waals surface area contributed by atoms with Gasteiger partial charge in [-0.15, -0.1) is 0 Å². The van der Waals surface area contributed by atoms with E-state index in [4.69, 9.17) is 9.47 Å². The van der Waals surface area contributed by atoms with Crippen molar-refractivity contribution in [1.29, 1.82) is 0 Å². The molecule has 1 aliphatic heterocycles. The van der Waals surface area contributed by atoms with Crippen molar-refractivity contribution in [1.82, 2.24) is 4.90 Å². The molecule has 0 bridgehead atoms. The van der Waals surface area contributed by atoms with E-state index in [1.807, 2.05) is 0 Å². The Bertz CT molecular complexity index is 749. The zero-order valence-electron chi connectivity index (χ0n) is 20.1. The van der Waals surface area contributed by atoms with Crippen LogP contribution in [0.4, 0.5) is 4.39 Å². The summed E-state index contributed by atoms with van der Waals surface area (Å²) in [5.41, 5.74) is 1.25. The fourth-order valence-electron chi connectivity index (χ4n) is 3.86. The summed E-state index contributed by atoms with van der Waals surface area (Å²) in [7, 11) is 0. The molecule has 0 saturated carbocycles. The van der Waals surface area contributed by atoms with Crippen LogP contribution in [0.25, 0.3) is 0 Å². The number of carbonyl (C=O) groups is 2. The number of carbonyl (C=O) groups excluding carboxylic acids is 2. The van der Waals surface area contributed by atoms with Gasteiger partial charge in [-0.1, -0.05) is 41.5 Å². The van der Waals surface area contributed by atoms with Gasteiger partial charge in [0.05, 0.1) is 13.2 Å². The molecule has 1 amide bonds. The quantitative estimate of drug-likeness (QED) is 0.467. The molecular formula is C25H38FNO4. The van der Waals surface area contributed by atoms with E-state index in [0.717, 1.165) is 29.7 Å². The molecule has 1 aromatic carbocycles. The fourth-order valence-corrected chi connectivity index (χ4v) is 3.86. The van der Waals surface area contributed by atoms with Gasteiger partial charge in [-0.25, -0.2) is 4.39 Å². The first-order valence-electron chi connectivity index (χ1n) is 11.2. The standard InChI is InChI=1S/C25H38FNO4/c1-8-30-22(29)15-21(28)27-11-9-17(10-12-27)16-31-23-19(24(2,3)4)13-18(26)14-20(23)25(5,6)7/h13-14,17H,8-12,15-16H2,1-7H3. The maximum absolute atomic E-state index is 14.4. The first kappa shape index (κ1) is 25.2. The molecule has 1 aliphatic rings. The number of halogens is 1. The lowest BCUT2D eigenvalue weighted by Gasteiger charge is -2.34. The minimum absolute atomic E-state index is 0.179. The second kappa shape index (κ2) is 10.0. The van der Waals surface area contributed by atoms with Crippen molar-refractivity contribution >= 4 is 11.9 Å². The Balaban J connectivity index is 2.06. The highest BCUT2D eigenvalue weighted by Gasteiger charge is 2.30. The van der Waals surface area contributed by atoms with E-state index >= 15 is 0 Å². The molecule has 0 atom stereocenters. The maximum Gasteiger partial charge on any atom is 0.315 e. The number of piperidine rings is 1. The maximum atomic E-state index is 14.4.